The topological polar surface area (TPSA) is 0 Å². The molecule has 0 N–H and O–H groups in total. The molecule has 0 radical (unpaired) electrons. The van der Waals surface area contributed by atoms with E-state index in [9.17, 15) is 4.39 Å². The SMILES string of the molecule is Fc1ccc(CC2CCC(Cl)C2)c(Br)c1. The van der Waals surface area contributed by atoms with E-state index in [1.807, 2.05) is 6.07 Å². The molecule has 0 aromatic heterocycles. The van der Waals surface area contributed by atoms with Crippen LogP contribution < -0.4 is 0 Å². The second-order valence-corrected chi connectivity index (χ2v) is 5.69. The molecular weight excluding hydrogens is 278 g/mol. The zero-order valence-electron chi connectivity index (χ0n) is 8.35. The monoisotopic (exact) mass is 290 g/mol. The molecule has 15 heavy (non-hydrogen) atoms. The van der Waals surface area contributed by atoms with Crippen LogP contribution in [0.5, 0.6) is 0 Å². The van der Waals surface area contributed by atoms with Crippen LogP contribution >= 0.6 is 27.5 Å². The molecule has 1 aliphatic carbocycles. The van der Waals surface area contributed by atoms with Gasteiger partial charge < -0.3 is 0 Å². The Bertz CT molecular complexity index is 353. The molecular formula is C12H13BrClF. The first kappa shape index (κ1) is 11.4. The maximum Gasteiger partial charge on any atom is 0.124 e. The summed E-state index contributed by atoms with van der Waals surface area (Å²) in [5, 5.41) is 0.342. The number of halogens is 3. The van der Waals surface area contributed by atoms with E-state index in [0.717, 1.165) is 23.7 Å². The average molecular weight is 292 g/mol. The Morgan fingerprint density at radius 3 is 2.80 bits per heavy atom. The minimum Gasteiger partial charge on any atom is -0.207 e. The van der Waals surface area contributed by atoms with Gasteiger partial charge in [0.05, 0.1) is 0 Å². The summed E-state index contributed by atoms with van der Waals surface area (Å²) in [5.41, 5.74) is 1.19. The first-order chi connectivity index (χ1) is 7.15. The van der Waals surface area contributed by atoms with Crippen LogP contribution in [0.1, 0.15) is 24.8 Å². The average Bonchev–Trinajstić information content (AvgIpc) is 2.56. The summed E-state index contributed by atoms with van der Waals surface area (Å²) >= 11 is 9.46. The molecule has 0 bridgehead atoms. The van der Waals surface area contributed by atoms with E-state index in [2.05, 4.69) is 15.9 Å². The van der Waals surface area contributed by atoms with Gasteiger partial charge in [-0.2, -0.15) is 0 Å². The van der Waals surface area contributed by atoms with Crippen molar-refractivity contribution in [3.8, 4) is 0 Å². The lowest BCUT2D eigenvalue weighted by Gasteiger charge is -2.10. The highest BCUT2D eigenvalue weighted by molar-refractivity contribution is 9.10. The van der Waals surface area contributed by atoms with E-state index in [1.54, 1.807) is 0 Å². The fourth-order valence-corrected chi connectivity index (χ4v) is 3.09. The third kappa shape index (κ3) is 2.94. The summed E-state index contributed by atoms with van der Waals surface area (Å²) in [4.78, 5) is 0. The van der Waals surface area contributed by atoms with Gasteiger partial charge in [0, 0.05) is 9.85 Å². The van der Waals surface area contributed by atoms with Gasteiger partial charge in [0.25, 0.3) is 0 Å². The van der Waals surface area contributed by atoms with Gasteiger partial charge in [0.1, 0.15) is 5.82 Å². The number of alkyl halides is 1. The van der Waals surface area contributed by atoms with Gasteiger partial charge >= 0.3 is 0 Å². The zero-order valence-corrected chi connectivity index (χ0v) is 10.7. The number of rotatable bonds is 2. The quantitative estimate of drug-likeness (QED) is 0.702. The molecule has 0 nitrogen and oxygen atoms in total. The third-order valence-electron chi connectivity index (χ3n) is 3.00. The van der Waals surface area contributed by atoms with Gasteiger partial charge in [-0.25, -0.2) is 4.39 Å². The second kappa shape index (κ2) is 4.84. The maximum atomic E-state index is 12.9. The molecule has 2 rings (SSSR count). The molecule has 1 aromatic rings. The van der Waals surface area contributed by atoms with Crippen LogP contribution in [0.3, 0.4) is 0 Å². The van der Waals surface area contributed by atoms with E-state index >= 15 is 0 Å². The van der Waals surface area contributed by atoms with Crippen molar-refractivity contribution in [3.05, 3.63) is 34.1 Å². The highest BCUT2D eigenvalue weighted by Gasteiger charge is 2.23. The molecule has 1 fully saturated rings. The minimum absolute atomic E-state index is 0.188. The first-order valence-corrected chi connectivity index (χ1v) is 6.46. The van der Waals surface area contributed by atoms with Gasteiger partial charge in [-0.1, -0.05) is 22.0 Å². The van der Waals surface area contributed by atoms with E-state index in [1.165, 1.54) is 24.1 Å². The lowest BCUT2D eigenvalue weighted by molar-refractivity contribution is 0.544. The molecule has 2 unspecified atom stereocenters. The van der Waals surface area contributed by atoms with Crippen LogP contribution in [0.15, 0.2) is 22.7 Å². The van der Waals surface area contributed by atoms with Crippen molar-refractivity contribution in [2.24, 2.45) is 5.92 Å². The van der Waals surface area contributed by atoms with E-state index in [4.69, 9.17) is 11.6 Å². The zero-order chi connectivity index (χ0) is 10.8. The number of benzene rings is 1. The fourth-order valence-electron chi connectivity index (χ4n) is 2.20. The normalized spacial score (nSPS) is 25.8. The highest BCUT2D eigenvalue weighted by Crippen LogP contribution is 2.33. The van der Waals surface area contributed by atoms with Crippen molar-refractivity contribution in [3.63, 3.8) is 0 Å². The summed E-state index contributed by atoms with van der Waals surface area (Å²) in [5.74, 6) is 0.474. The molecule has 3 heteroatoms. The molecule has 2 atom stereocenters. The maximum absolute atomic E-state index is 12.9. The molecule has 1 saturated carbocycles. The molecule has 0 amide bonds. The number of hydrogen-bond donors (Lipinski definition) is 0. The Morgan fingerprint density at radius 2 is 2.20 bits per heavy atom. The molecule has 0 aliphatic heterocycles. The van der Waals surface area contributed by atoms with Crippen molar-refractivity contribution < 1.29 is 4.39 Å². The van der Waals surface area contributed by atoms with Crippen LogP contribution in [0.2, 0.25) is 0 Å². The van der Waals surface area contributed by atoms with Gasteiger partial charge in [-0.15, -0.1) is 11.6 Å². The predicted molar refractivity (Wildman–Crippen MR) is 64.8 cm³/mol. The summed E-state index contributed by atoms with van der Waals surface area (Å²) in [6, 6.07) is 4.91. The van der Waals surface area contributed by atoms with Crippen molar-refractivity contribution in [2.45, 2.75) is 31.1 Å². The van der Waals surface area contributed by atoms with Crippen LogP contribution in [-0.2, 0) is 6.42 Å². The molecule has 1 aromatic carbocycles. The third-order valence-corrected chi connectivity index (χ3v) is 4.14. The summed E-state index contributed by atoms with van der Waals surface area (Å²) in [7, 11) is 0. The molecule has 0 spiro atoms. The van der Waals surface area contributed by atoms with Crippen molar-refractivity contribution in [1.29, 1.82) is 0 Å². The minimum atomic E-state index is -0.188. The van der Waals surface area contributed by atoms with Gasteiger partial charge in [0.15, 0.2) is 0 Å². The largest absolute Gasteiger partial charge is 0.207 e. The lowest BCUT2D eigenvalue weighted by Crippen LogP contribution is -2.01. The van der Waals surface area contributed by atoms with Crippen LogP contribution in [0.25, 0.3) is 0 Å². The number of hydrogen-bond acceptors (Lipinski definition) is 0. The van der Waals surface area contributed by atoms with E-state index < -0.39 is 0 Å². The molecule has 0 heterocycles. The lowest BCUT2D eigenvalue weighted by atomic mass is 9.98. The summed E-state index contributed by atoms with van der Waals surface area (Å²) in [6.07, 6.45) is 4.40. The Kier molecular flexibility index (Phi) is 3.68. The van der Waals surface area contributed by atoms with Crippen LogP contribution in [-0.4, -0.2) is 5.38 Å². The first-order valence-electron chi connectivity index (χ1n) is 5.23. The Morgan fingerprint density at radius 1 is 1.40 bits per heavy atom. The van der Waals surface area contributed by atoms with Gasteiger partial charge in [-0.3, -0.25) is 0 Å². The van der Waals surface area contributed by atoms with Crippen molar-refractivity contribution >= 4 is 27.5 Å². The second-order valence-electron chi connectivity index (χ2n) is 4.22. The Balaban J connectivity index is 2.04. The standard InChI is InChI=1S/C12H13BrClF/c13-12-7-11(15)4-2-9(12)5-8-1-3-10(14)6-8/h2,4,7-8,10H,1,3,5-6H2. The van der Waals surface area contributed by atoms with Crippen molar-refractivity contribution in [1.82, 2.24) is 0 Å². The smallest absolute Gasteiger partial charge is 0.124 e. The molecule has 0 saturated heterocycles. The van der Waals surface area contributed by atoms with Crippen LogP contribution in [0.4, 0.5) is 4.39 Å². The highest BCUT2D eigenvalue weighted by atomic mass is 79.9. The summed E-state index contributed by atoms with van der Waals surface area (Å²) in [6.45, 7) is 0. The summed E-state index contributed by atoms with van der Waals surface area (Å²) < 4.78 is 13.7. The molecule has 1 aliphatic rings. The Hall–Kier alpha value is -0.0800. The predicted octanol–water partition coefficient (Wildman–Crippen LogP) is 4.54. The van der Waals surface area contributed by atoms with E-state index in [0.29, 0.717) is 11.3 Å². The van der Waals surface area contributed by atoms with Gasteiger partial charge in [0.2, 0.25) is 0 Å². The fraction of sp³-hybridized carbons (Fsp3) is 0.500. The Labute approximate surface area is 103 Å². The van der Waals surface area contributed by atoms with E-state index in [-0.39, 0.29) is 5.82 Å². The molecule has 82 valence electrons. The van der Waals surface area contributed by atoms with Gasteiger partial charge in [-0.05, 0) is 49.3 Å². The van der Waals surface area contributed by atoms with Crippen LogP contribution in [0, 0.1) is 11.7 Å². The van der Waals surface area contributed by atoms with Crippen molar-refractivity contribution in [2.75, 3.05) is 0 Å².